The summed E-state index contributed by atoms with van der Waals surface area (Å²) in [7, 11) is -3.95. The summed E-state index contributed by atoms with van der Waals surface area (Å²) in [6.07, 6.45) is 1.52. The van der Waals surface area contributed by atoms with Crippen molar-refractivity contribution < 1.29 is 8.42 Å². The van der Waals surface area contributed by atoms with Crippen molar-refractivity contribution in [3.8, 4) is 0 Å². The van der Waals surface area contributed by atoms with Crippen LogP contribution in [0.4, 0.5) is 11.4 Å². The van der Waals surface area contributed by atoms with Crippen LogP contribution < -0.4 is 10.5 Å². The van der Waals surface area contributed by atoms with Gasteiger partial charge in [-0.1, -0.05) is 23.2 Å². The van der Waals surface area contributed by atoms with E-state index in [0.29, 0.717) is 4.60 Å². The van der Waals surface area contributed by atoms with Crippen LogP contribution in [-0.4, -0.2) is 13.4 Å². The van der Waals surface area contributed by atoms with E-state index < -0.39 is 10.0 Å². The Labute approximate surface area is 134 Å². The Kier molecular flexibility index (Phi) is 4.43. The predicted octanol–water partition coefficient (Wildman–Crippen LogP) is 3.53. The van der Waals surface area contributed by atoms with E-state index >= 15 is 0 Å². The average molecular weight is 397 g/mol. The Bertz CT molecular complexity index is 745. The molecule has 20 heavy (non-hydrogen) atoms. The van der Waals surface area contributed by atoms with Gasteiger partial charge in [0.05, 0.1) is 16.4 Å². The smallest absolute Gasteiger partial charge is 0.265 e. The van der Waals surface area contributed by atoms with Crippen molar-refractivity contribution in [2.24, 2.45) is 0 Å². The van der Waals surface area contributed by atoms with E-state index in [4.69, 9.17) is 28.9 Å². The zero-order chi connectivity index (χ0) is 14.9. The lowest BCUT2D eigenvalue weighted by atomic mass is 10.3. The highest BCUT2D eigenvalue weighted by atomic mass is 79.9. The molecule has 0 bridgehead atoms. The maximum atomic E-state index is 12.3. The topological polar surface area (TPSA) is 85.1 Å². The molecule has 0 amide bonds. The number of hydrogen-bond acceptors (Lipinski definition) is 4. The summed E-state index contributed by atoms with van der Waals surface area (Å²) in [4.78, 5) is 3.70. The molecule has 0 aliphatic carbocycles. The molecule has 106 valence electrons. The average Bonchev–Trinajstić information content (AvgIpc) is 2.30. The van der Waals surface area contributed by atoms with Crippen molar-refractivity contribution in [2.75, 3.05) is 10.5 Å². The molecule has 0 saturated carbocycles. The molecule has 0 radical (unpaired) electrons. The molecule has 3 N–H and O–H groups in total. The van der Waals surface area contributed by atoms with Crippen LogP contribution >= 0.6 is 39.1 Å². The summed E-state index contributed by atoms with van der Waals surface area (Å²) in [6.45, 7) is 0. The summed E-state index contributed by atoms with van der Waals surface area (Å²) in [5.74, 6) is 0. The molecule has 2 aromatic rings. The summed E-state index contributed by atoms with van der Waals surface area (Å²) >= 11 is 14.8. The fraction of sp³-hybridized carbons (Fsp3) is 0. The lowest BCUT2D eigenvalue weighted by Gasteiger charge is -2.12. The third-order valence-corrected chi connectivity index (χ3v) is 5.05. The largest absolute Gasteiger partial charge is 0.398 e. The van der Waals surface area contributed by atoms with Crippen LogP contribution in [0.5, 0.6) is 0 Å². The first kappa shape index (κ1) is 15.4. The summed E-state index contributed by atoms with van der Waals surface area (Å²) < 4.78 is 27.4. The van der Waals surface area contributed by atoms with Gasteiger partial charge in [0.1, 0.15) is 9.50 Å². The first-order chi connectivity index (χ1) is 9.31. The summed E-state index contributed by atoms with van der Waals surface area (Å²) in [5.41, 5.74) is 5.93. The van der Waals surface area contributed by atoms with E-state index in [0.717, 1.165) is 0 Å². The van der Waals surface area contributed by atoms with Gasteiger partial charge in [0.25, 0.3) is 10.0 Å². The van der Waals surface area contributed by atoms with Crippen molar-refractivity contribution in [1.29, 1.82) is 0 Å². The molecule has 1 aromatic carbocycles. The number of nitrogens with one attached hydrogen (secondary N) is 1. The van der Waals surface area contributed by atoms with E-state index in [1.807, 2.05) is 0 Å². The van der Waals surface area contributed by atoms with Crippen LogP contribution in [0.3, 0.4) is 0 Å². The van der Waals surface area contributed by atoms with Gasteiger partial charge in [-0.25, -0.2) is 13.4 Å². The molecule has 0 aliphatic heterocycles. The van der Waals surface area contributed by atoms with E-state index in [-0.39, 0.29) is 26.3 Å². The third-order valence-electron chi connectivity index (χ3n) is 2.31. The van der Waals surface area contributed by atoms with Gasteiger partial charge in [-0.2, -0.15) is 0 Å². The number of rotatable bonds is 3. The van der Waals surface area contributed by atoms with Crippen LogP contribution in [0.25, 0.3) is 0 Å². The third kappa shape index (κ3) is 3.17. The molecule has 0 atom stereocenters. The molecular weight excluding hydrogens is 389 g/mol. The Hall–Kier alpha value is -1.02. The molecule has 0 unspecified atom stereocenters. The summed E-state index contributed by atoms with van der Waals surface area (Å²) in [5, 5.41) is 0.205. The number of aromatic nitrogens is 1. The molecule has 2 rings (SSSR count). The SMILES string of the molecule is Nc1cc(Cl)cc(Cl)c1S(=O)(=O)Nc1cccnc1Br. The van der Waals surface area contributed by atoms with Crippen molar-refractivity contribution in [1.82, 2.24) is 4.98 Å². The molecule has 5 nitrogen and oxygen atoms in total. The van der Waals surface area contributed by atoms with Gasteiger partial charge < -0.3 is 5.73 Å². The number of sulfonamides is 1. The maximum absolute atomic E-state index is 12.3. The monoisotopic (exact) mass is 395 g/mol. The molecule has 1 heterocycles. The quantitative estimate of drug-likeness (QED) is 0.613. The fourth-order valence-corrected chi connectivity index (χ4v) is 4.06. The number of pyridine rings is 1. The fourth-order valence-electron chi connectivity index (χ4n) is 1.52. The number of nitrogens with two attached hydrogens (primary N) is 1. The zero-order valence-corrected chi connectivity index (χ0v) is 13.7. The minimum Gasteiger partial charge on any atom is -0.398 e. The molecule has 9 heteroatoms. The second-order valence-corrected chi connectivity index (χ2v) is 6.97. The molecule has 1 aromatic heterocycles. The maximum Gasteiger partial charge on any atom is 0.265 e. The van der Waals surface area contributed by atoms with Crippen LogP contribution in [0.15, 0.2) is 40.0 Å². The van der Waals surface area contributed by atoms with E-state index in [9.17, 15) is 8.42 Å². The molecule has 0 fully saturated rings. The van der Waals surface area contributed by atoms with Crippen molar-refractivity contribution in [3.05, 3.63) is 45.1 Å². The predicted molar refractivity (Wildman–Crippen MR) is 83.6 cm³/mol. The number of anilines is 2. The molecule has 0 saturated heterocycles. The Balaban J connectivity index is 2.50. The van der Waals surface area contributed by atoms with E-state index in [2.05, 4.69) is 25.6 Å². The van der Waals surface area contributed by atoms with Gasteiger partial charge in [-0.15, -0.1) is 0 Å². The Morgan fingerprint density at radius 2 is 2.00 bits per heavy atom. The van der Waals surface area contributed by atoms with Crippen LogP contribution in [-0.2, 0) is 10.0 Å². The number of benzene rings is 1. The molecule has 0 spiro atoms. The normalized spacial score (nSPS) is 11.3. The second kappa shape index (κ2) is 5.77. The summed E-state index contributed by atoms with van der Waals surface area (Å²) in [6, 6.07) is 5.77. The van der Waals surface area contributed by atoms with E-state index in [1.54, 1.807) is 12.1 Å². The van der Waals surface area contributed by atoms with Gasteiger partial charge in [0.2, 0.25) is 0 Å². The second-order valence-electron chi connectivity index (χ2n) is 3.75. The highest BCUT2D eigenvalue weighted by Gasteiger charge is 2.23. The standard InChI is InChI=1S/C11H8BrCl2N3O2S/c12-11-9(2-1-3-16-11)17-20(18,19)10-7(14)4-6(13)5-8(10)15/h1-5,17H,15H2. The zero-order valence-electron chi connectivity index (χ0n) is 9.77. The molecule has 0 aliphatic rings. The number of hydrogen-bond donors (Lipinski definition) is 2. The van der Waals surface area contributed by atoms with Gasteiger partial charge in [0, 0.05) is 11.2 Å². The highest BCUT2D eigenvalue weighted by molar-refractivity contribution is 9.10. The minimum atomic E-state index is -3.95. The van der Waals surface area contributed by atoms with Crippen LogP contribution in [0, 0.1) is 0 Å². The Morgan fingerprint density at radius 1 is 1.30 bits per heavy atom. The first-order valence-corrected chi connectivity index (χ1v) is 8.22. The molecular formula is C11H8BrCl2N3O2S. The minimum absolute atomic E-state index is 0.0324. The van der Waals surface area contributed by atoms with Crippen molar-refractivity contribution in [3.63, 3.8) is 0 Å². The van der Waals surface area contributed by atoms with E-state index in [1.165, 1.54) is 18.3 Å². The number of nitrogen functional groups attached to an aromatic ring is 1. The first-order valence-electron chi connectivity index (χ1n) is 5.19. The lowest BCUT2D eigenvalue weighted by molar-refractivity contribution is 0.601. The lowest BCUT2D eigenvalue weighted by Crippen LogP contribution is -2.16. The van der Waals surface area contributed by atoms with Gasteiger partial charge in [-0.05, 0) is 40.2 Å². The van der Waals surface area contributed by atoms with Crippen LogP contribution in [0.1, 0.15) is 0 Å². The number of halogens is 3. The van der Waals surface area contributed by atoms with Gasteiger partial charge >= 0.3 is 0 Å². The van der Waals surface area contributed by atoms with Crippen molar-refractivity contribution >= 4 is 60.5 Å². The number of nitrogens with zero attached hydrogens (tertiary/aromatic N) is 1. The van der Waals surface area contributed by atoms with Gasteiger partial charge in [0.15, 0.2) is 0 Å². The highest BCUT2D eigenvalue weighted by Crippen LogP contribution is 2.33. The van der Waals surface area contributed by atoms with Crippen molar-refractivity contribution in [2.45, 2.75) is 4.90 Å². The van der Waals surface area contributed by atoms with Crippen LogP contribution in [0.2, 0.25) is 10.0 Å². The van der Waals surface area contributed by atoms with Gasteiger partial charge in [-0.3, -0.25) is 4.72 Å². The Morgan fingerprint density at radius 3 is 2.60 bits per heavy atom.